The van der Waals surface area contributed by atoms with Crippen molar-refractivity contribution < 1.29 is 9.53 Å². The van der Waals surface area contributed by atoms with E-state index in [0.717, 1.165) is 40.6 Å². The van der Waals surface area contributed by atoms with Crippen molar-refractivity contribution in [3.63, 3.8) is 0 Å². The Morgan fingerprint density at radius 1 is 1.29 bits per heavy atom. The number of nitrogens with two attached hydrogens (primary N) is 2. The van der Waals surface area contributed by atoms with Gasteiger partial charge in [-0.1, -0.05) is 6.07 Å². The molecule has 1 aliphatic rings. The van der Waals surface area contributed by atoms with Gasteiger partial charge in [0.05, 0.1) is 28.5 Å². The molecule has 3 heterocycles. The predicted octanol–water partition coefficient (Wildman–Crippen LogP) is 2.33. The number of hydrogen-bond acceptors (Lipinski definition) is 6. The van der Waals surface area contributed by atoms with Gasteiger partial charge in [0.25, 0.3) is 5.91 Å². The van der Waals surface area contributed by atoms with Gasteiger partial charge < -0.3 is 21.5 Å². The van der Waals surface area contributed by atoms with Crippen LogP contribution in [0.1, 0.15) is 34.3 Å². The number of ether oxygens (including phenoxy) is 1. The number of rotatable bonds is 6. The Morgan fingerprint density at radius 3 is 2.74 bits per heavy atom. The van der Waals surface area contributed by atoms with Crippen LogP contribution in [0.4, 0.5) is 5.82 Å². The lowest BCUT2D eigenvalue weighted by molar-refractivity contribution is 0.100. The van der Waals surface area contributed by atoms with E-state index in [-0.39, 0.29) is 16.9 Å². The number of carbonyl (C=O) groups is 1. The van der Waals surface area contributed by atoms with Gasteiger partial charge in [0, 0.05) is 16.3 Å². The van der Waals surface area contributed by atoms with Crippen LogP contribution < -0.4 is 21.5 Å². The number of pyridine rings is 1. The third-order valence-corrected chi connectivity index (χ3v) is 6.26. The predicted molar refractivity (Wildman–Crippen MR) is 120 cm³/mol. The molecule has 1 aliphatic carbocycles. The Kier molecular flexibility index (Phi) is 4.19. The summed E-state index contributed by atoms with van der Waals surface area (Å²) in [5, 5.41) is 11.9. The molecular formula is C22H25N7O2. The number of carbonyl (C=O) groups excluding carboxylic acids is 1. The van der Waals surface area contributed by atoms with E-state index in [1.165, 1.54) is 0 Å². The van der Waals surface area contributed by atoms with E-state index < -0.39 is 5.91 Å². The van der Waals surface area contributed by atoms with Crippen LogP contribution in [0.15, 0.2) is 24.4 Å². The standard InChI is InChI=1S/C22H25N7O2/c1-11-4-5-15-14(9-26-28-15)17(11)29-18(23)16(19(24)30)13-8-12(2)21(27-20(13)29)31-10-22(25-3)6-7-22/h4-5,8-9,25H,6-7,10,23H2,1-3H3,(H2,24,30)(H,26,28). The molecule has 1 saturated carbocycles. The molecule has 31 heavy (non-hydrogen) atoms. The van der Waals surface area contributed by atoms with Crippen molar-refractivity contribution in [3.05, 3.63) is 41.1 Å². The highest BCUT2D eigenvalue weighted by Gasteiger charge is 2.42. The number of aromatic amines is 1. The molecule has 1 fully saturated rings. The van der Waals surface area contributed by atoms with Crippen molar-refractivity contribution in [2.24, 2.45) is 5.73 Å². The highest BCUT2D eigenvalue weighted by molar-refractivity contribution is 6.11. The molecule has 0 aliphatic heterocycles. The molecule has 4 aromatic rings. The van der Waals surface area contributed by atoms with E-state index in [4.69, 9.17) is 21.2 Å². The molecule has 0 unspecified atom stereocenters. The van der Waals surface area contributed by atoms with Crippen molar-refractivity contribution >= 4 is 33.7 Å². The number of H-pyrrole nitrogens is 1. The van der Waals surface area contributed by atoms with E-state index in [1.54, 1.807) is 10.8 Å². The first-order valence-electron chi connectivity index (χ1n) is 10.2. The van der Waals surface area contributed by atoms with Crippen molar-refractivity contribution in [2.45, 2.75) is 32.2 Å². The quantitative estimate of drug-likeness (QED) is 0.379. The fourth-order valence-corrected chi connectivity index (χ4v) is 4.17. The van der Waals surface area contributed by atoms with Gasteiger partial charge in [-0.3, -0.25) is 14.5 Å². The van der Waals surface area contributed by atoms with Crippen LogP contribution in [-0.2, 0) is 0 Å². The first-order valence-corrected chi connectivity index (χ1v) is 10.2. The largest absolute Gasteiger partial charge is 0.475 e. The topological polar surface area (TPSA) is 137 Å². The number of nitrogen functional groups attached to an aromatic ring is 1. The Hall–Kier alpha value is -3.59. The first kappa shape index (κ1) is 19.4. The smallest absolute Gasteiger partial charge is 0.253 e. The number of fused-ring (bicyclic) bond motifs is 2. The number of likely N-dealkylation sites (N-methyl/N-ethyl adjacent to an activating group) is 1. The van der Waals surface area contributed by atoms with Gasteiger partial charge in [-0.15, -0.1) is 0 Å². The monoisotopic (exact) mass is 419 g/mol. The fraction of sp³-hybridized carbons (Fsp3) is 0.318. The number of amides is 1. The lowest BCUT2D eigenvalue weighted by Crippen LogP contribution is -2.34. The lowest BCUT2D eigenvalue weighted by atomic mass is 10.1. The zero-order valence-corrected chi connectivity index (χ0v) is 17.7. The van der Waals surface area contributed by atoms with Crippen molar-refractivity contribution in [2.75, 3.05) is 19.4 Å². The molecule has 0 radical (unpaired) electrons. The third kappa shape index (κ3) is 2.92. The van der Waals surface area contributed by atoms with Crippen molar-refractivity contribution in [1.82, 2.24) is 25.1 Å². The van der Waals surface area contributed by atoms with Crippen LogP contribution in [0, 0.1) is 13.8 Å². The molecule has 0 atom stereocenters. The molecule has 0 spiro atoms. The van der Waals surface area contributed by atoms with E-state index >= 15 is 0 Å². The fourth-order valence-electron chi connectivity index (χ4n) is 4.17. The normalized spacial score (nSPS) is 14.9. The second-order valence-electron chi connectivity index (χ2n) is 8.32. The third-order valence-electron chi connectivity index (χ3n) is 6.26. The number of aromatic nitrogens is 4. The van der Waals surface area contributed by atoms with Crippen LogP contribution in [0.2, 0.25) is 0 Å². The summed E-state index contributed by atoms with van der Waals surface area (Å²) >= 11 is 0. The van der Waals surface area contributed by atoms with Crippen LogP contribution in [-0.4, -0.2) is 44.8 Å². The molecule has 0 saturated heterocycles. The van der Waals surface area contributed by atoms with Gasteiger partial charge in [0.15, 0.2) is 5.65 Å². The average Bonchev–Trinajstić information content (AvgIpc) is 3.26. The number of primary amides is 1. The van der Waals surface area contributed by atoms with Crippen LogP contribution in [0.3, 0.4) is 0 Å². The molecule has 1 amide bonds. The molecule has 9 heteroatoms. The first-order chi connectivity index (χ1) is 14.8. The molecule has 5 rings (SSSR count). The summed E-state index contributed by atoms with van der Waals surface area (Å²) in [5.41, 5.74) is 16.4. The van der Waals surface area contributed by atoms with Gasteiger partial charge in [0.1, 0.15) is 12.4 Å². The summed E-state index contributed by atoms with van der Waals surface area (Å²) in [5.74, 6) is 0.165. The van der Waals surface area contributed by atoms with Gasteiger partial charge >= 0.3 is 0 Å². The zero-order valence-electron chi connectivity index (χ0n) is 17.7. The number of nitrogens with zero attached hydrogens (tertiary/aromatic N) is 3. The molecule has 6 N–H and O–H groups in total. The number of nitrogens with one attached hydrogen (secondary N) is 2. The summed E-state index contributed by atoms with van der Waals surface area (Å²) in [6.45, 7) is 4.41. The van der Waals surface area contributed by atoms with Gasteiger partial charge in [-0.05, 0) is 51.4 Å². The van der Waals surface area contributed by atoms with Crippen LogP contribution in [0.25, 0.3) is 27.6 Å². The Labute approximate surface area is 178 Å². The molecule has 160 valence electrons. The highest BCUT2D eigenvalue weighted by atomic mass is 16.5. The van der Waals surface area contributed by atoms with E-state index in [2.05, 4.69) is 15.5 Å². The minimum absolute atomic E-state index is 0.0153. The van der Waals surface area contributed by atoms with Crippen LogP contribution >= 0.6 is 0 Å². The summed E-state index contributed by atoms with van der Waals surface area (Å²) in [6.07, 6.45) is 3.88. The summed E-state index contributed by atoms with van der Waals surface area (Å²) in [4.78, 5) is 17.1. The van der Waals surface area contributed by atoms with Crippen LogP contribution in [0.5, 0.6) is 5.88 Å². The van der Waals surface area contributed by atoms with Gasteiger partial charge in [-0.2, -0.15) is 10.1 Å². The number of aryl methyl sites for hydroxylation is 2. The minimum Gasteiger partial charge on any atom is -0.475 e. The van der Waals surface area contributed by atoms with Gasteiger partial charge in [-0.25, -0.2) is 0 Å². The molecular weight excluding hydrogens is 394 g/mol. The summed E-state index contributed by atoms with van der Waals surface area (Å²) < 4.78 is 7.88. The highest BCUT2D eigenvalue weighted by Crippen LogP contribution is 2.38. The Morgan fingerprint density at radius 2 is 2.06 bits per heavy atom. The van der Waals surface area contributed by atoms with Crippen molar-refractivity contribution in [3.8, 4) is 11.6 Å². The molecule has 1 aromatic carbocycles. The van der Waals surface area contributed by atoms with E-state index in [1.807, 2.05) is 39.1 Å². The Bertz CT molecular complexity index is 1350. The number of benzene rings is 1. The minimum atomic E-state index is -0.597. The summed E-state index contributed by atoms with van der Waals surface area (Å²) in [6, 6.07) is 5.80. The molecule has 9 nitrogen and oxygen atoms in total. The van der Waals surface area contributed by atoms with E-state index in [0.29, 0.717) is 23.5 Å². The van der Waals surface area contributed by atoms with Crippen molar-refractivity contribution in [1.29, 1.82) is 0 Å². The average molecular weight is 419 g/mol. The number of hydrogen-bond donors (Lipinski definition) is 4. The lowest BCUT2D eigenvalue weighted by Gasteiger charge is -2.17. The summed E-state index contributed by atoms with van der Waals surface area (Å²) in [7, 11) is 1.94. The van der Waals surface area contributed by atoms with Gasteiger partial charge in [0.2, 0.25) is 5.88 Å². The SMILES string of the molecule is CNC1(COc2nc3c(cc2C)c(C(N)=O)c(N)n3-c2c(C)ccc3[nH]ncc23)CC1. The Balaban J connectivity index is 1.76. The molecule has 3 aromatic heterocycles. The number of anilines is 1. The maximum Gasteiger partial charge on any atom is 0.253 e. The molecule has 0 bridgehead atoms. The van der Waals surface area contributed by atoms with E-state index in [9.17, 15) is 4.79 Å². The second-order valence-corrected chi connectivity index (χ2v) is 8.32. The zero-order chi connectivity index (χ0) is 21.9. The maximum absolute atomic E-state index is 12.3. The maximum atomic E-state index is 12.3. The second kappa shape index (κ2) is 6.71.